The van der Waals surface area contributed by atoms with Crippen molar-refractivity contribution in [2.45, 2.75) is 52.5 Å². The van der Waals surface area contributed by atoms with Crippen molar-refractivity contribution < 1.29 is 14.3 Å². The van der Waals surface area contributed by atoms with Gasteiger partial charge < -0.3 is 14.8 Å². The number of anilines is 2. The minimum absolute atomic E-state index is 0.306. The average molecular weight is 373 g/mol. The van der Waals surface area contributed by atoms with Crippen LogP contribution < -0.4 is 20.3 Å². The molecule has 0 spiro atoms. The summed E-state index contributed by atoms with van der Waals surface area (Å²) in [7, 11) is 1.59. The summed E-state index contributed by atoms with van der Waals surface area (Å²) >= 11 is 0. The normalized spacial score (nSPS) is 11.5. The number of ether oxygens (including phenoxy) is 2. The molecule has 0 aromatic heterocycles. The highest BCUT2D eigenvalue weighted by Crippen LogP contribution is 2.32. The molecule has 0 amide bonds. The number of hydrogen-bond donors (Lipinski definition) is 2. The van der Waals surface area contributed by atoms with Crippen LogP contribution in [0.25, 0.3) is 0 Å². The van der Waals surface area contributed by atoms with E-state index in [2.05, 4.69) is 24.6 Å². The highest BCUT2D eigenvalue weighted by atomic mass is 16.7. The van der Waals surface area contributed by atoms with Gasteiger partial charge in [-0.3, -0.25) is 10.3 Å². The Balaban J connectivity index is 0.000000321. The van der Waals surface area contributed by atoms with Gasteiger partial charge in [-0.15, -0.1) is 0 Å². The lowest BCUT2D eigenvalue weighted by atomic mass is 10.2. The van der Waals surface area contributed by atoms with E-state index in [1.807, 2.05) is 42.5 Å². The lowest BCUT2D eigenvalue weighted by Crippen LogP contribution is -2.00. The summed E-state index contributed by atoms with van der Waals surface area (Å²) in [5.41, 5.74) is 5.89. The number of unbranched alkanes of at least 4 members (excludes halogenated alkanes) is 4. The number of rotatable bonds is 9. The quantitative estimate of drug-likeness (QED) is 0.419. The Morgan fingerprint density at radius 2 is 1.52 bits per heavy atom. The van der Waals surface area contributed by atoms with E-state index in [9.17, 15) is 0 Å². The van der Waals surface area contributed by atoms with E-state index in [1.165, 1.54) is 32.1 Å². The first-order valence-electron chi connectivity index (χ1n) is 9.78. The molecule has 5 nitrogen and oxygen atoms in total. The summed E-state index contributed by atoms with van der Waals surface area (Å²) < 4.78 is 10.7. The van der Waals surface area contributed by atoms with Gasteiger partial charge in [0.25, 0.3) is 0 Å². The van der Waals surface area contributed by atoms with Gasteiger partial charge in [-0.25, -0.2) is 0 Å². The van der Waals surface area contributed by atoms with Gasteiger partial charge in [-0.2, -0.15) is 0 Å². The van der Waals surface area contributed by atoms with Crippen molar-refractivity contribution in [2.24, 2.45) is 0 Å². The summed E-state index contributed by atoms with van der Waals surface area (Å²) in [5.74, 6) is 1.62. The average Bonchev–Trinajstić information content (AvgIpc) is 3.16. The second-order valence-electron chi connectivity index (χ2n) is 6.49. The summed E-state index contributed by atoms with van der Waals surface area (Å²) in [5, 5.41) is 3.36. The molecule has 5 heteroatoms. The van der Waals surface area contributed by atoms with Crippen LogP contribution in [0.1, 0.15) is 51.5 Å². The van der Waals surface area contributed by atoms with Crippen LogP contribution in [-0.4, -0.2) is 13.9 Å². The second kappa shape index (κ2) is 12.1. The fourth-order valence-electron chi connectivity index (χ4n) is 2.71. The number of hydrogen-bond acceptors (Lipinski definition) is 5. The van der Waals surface area contributed by atoms with Crippen LogP contribution in [-0.2, 0) is 11.4 Å². The Bertz CT molecular complexity index is 655. The van der Waals surface area contributed by atoms with E-state index >= 15 is 0 Å². The molecule has 1 aliphatic rings. The molecule has 3 rings (SSSR count). The van der Waals surface area contributed by atoms with Crippen molar-refractivity contribution in [1.82, 2.24) is 0 Å². The zero-order valence-electron chi connectivity index (χ0n) is 16.7. The number of benzene rings is 2. The summed E-state index contributed by atoms with van der Waals surface area (Å²) in [6.07, 6.45) is 7.01. The molecule has 0 aliphatic carbocycles. The van der Waals surface area contributed by atoms with Crippen LogP contribution >= 0.6 is 0 Å². The third-order valence-corrected chi connectivity index (χ3v) is 4.25. The van der Waals surface area contributed by atoms with Gasteiger partial charge in [0.05, 0.1) is 12.8 Å². The maximum Gasteiger partial charge on any atom is 0.231 e. The molecule has 2 N–H and O–H groups in total. The molecule has 0 saturated heterocycles. The lowest BCUT2D eigenvalue weighted by molar-refractivity contribution is 0.174. The van der Waals surface area contributed by atoms with Gasteiger partial charge in [0, 0.05) is 12.2 Å². The molecule has 0 bridgehead atoms. The first-order chi connectivity index (χ1) is 13.3. The Kier molecular flexibility index (Phi) is 9.35. The Labute approximate surface area is 163 Å². The molecule has 0 fully saturated rings. The maximum atomic E-state index is 5.36. The number of fused-ring (bicyclic) bond motifs is 1. The second-order valence-corrected chi connectivity index (χ2v) is 6.49. The van der Waals surface area contributed by atoms with Crippen molar-refractivity contribution in [3.05, 3.63) is 48.0 Å². The molecule has 2 aromatic carbocycles. The van der Waals surface area contributed by atoms with E-state index < -0.39 is 0 Å². The summed E-state index contributed by atoms with van der Waals surface area (Å²) in [6.45, 7) is 5.53. The van der Waals surface area contributed by atoms with E-state index in [0.29, 0.717) is 6.79 Å². The zero-order valence-corrected chi connectivity index (χ0v) is 16.7. The van der Waals surface area contributed by atoms with Crippen molar-refractivity contribution in [2.75, 3.05) is 24.7 Å². The van der Waals surface area contributed by atoms with E-state index in [4.69, 9.17) is 14.3 Å². The first-order valence-corrected chi connectivity index (χ1v) is 9.78. The predicted molar refractivity (Wildman–Crippen MR) is 111 cm³/mol. The van der Waals surface area contributed by atoms with Crippen LogP contribution in [0.4, 0.5) is 11.4 Å². The molecule has 1 heterocycles. The van der Waals surface area contributed by atoms with E-state index in [0.717, 1.165) is 35.0 Å². The van der Waals surface area contributed by atoms with Gasteiger partial charge in [-0.1, -0.05) is 52.0 Å². The van der Waals surface area contributed by atoms with E-state index in [-0.39, 0.29) is 0 Å². The molecule has 2 aromatic rings. The van der Waals surface area contributed by atoms with Gasteiger partial charge in [0.1, 0.15) is 0 Å². The smallest absolute Gasteiger partial charge is 0.231 e. The summed E-state index contributed by atoms with van der Waals surface area (Å²) in [4.78, 5) is 4.84. The minimum atomic E-state index is 0.306. The highest BCUT2D eigenvalue weighted by molar-refractivity contribution is 5.53. The molecule has 148 valence electrons. The fraction of sp³-hybridized carbons (Fsp3) is 0.455. The SMILES string of the molecule is CCCCCCC.CONc1ccc(NCc2ccc3c(c2)OCO3)cc1. The molecule has 1 aliphatic heterocycles. The fourth-order valence-corrected chi connectivity index (χ4v) is 2.71. The highest BCUT2D eigenvalue weighted by Gasteiger charge is 2.12. The Morgan fingerprint density at radius 1 is 0.852 bits per heavy atom. The zero-order chi connectivity index (χ0) is 19.3. The topological polar surface area (TPSA) is 51.8 Å². The largest absolute Gasteiger partial charge is 0.454 e. The minimum Gasteiger partial charge on any atom is -0.454 e. The summed E-state index contributed by atoms with van der Waals surface area (Å²) in [6, 6.07) is 13.8. The third kappa shape index (κ3) is 7.39. The Hall–Kier alpha value is -2.40. The monoisotopic (exact) mass is 372 g/mol. The predicted octanol–water partition coefficient (Wildman–Crippen LogP) is 5.98. The van der Waals surface area contributed by atoms with Crippen LogP contribution in [0.3, 0.4) is 0 Å². The molecule has 0 atom stereocenters. The van der Waals surface area contributed by atoms with Gasteiger partial charge in [-0.05, 0) is 42.0 Å². The van der Waals surface area contributed by atoms with Crippen LogP contribution in [0.5, 0.6) is 11.5 Å². The van der Waals surface area contributed by atoms with Crippen LogP contribution in [0.2, 0.25) is 0 Å². The van der Waals surface area contributed by atoms with Gasteiger partial charge in [0.2, 0.25) is 6.79 Å². The Morgan fingerprint density at radius 3 is 2.19 bits per heavy atom. The van der Waals surface area contributed by atoms with Gasteiger partial charge >= 0.3 is 0 Å². The maximum absolute atomic E-state index is 5.36. The molecular formula is C22H32N2O3. The van der Waals surface area contributed by atoms with Crippen molar-refractivity contribution in [3.63, 3.8) is 0 Å². The van der Waals surface area contributed by atoms with Crippen molar-refractivity contribution in [1.29, 1.82) is 0 Å². The molecule has 0 radical (unpaired) electrons. The third-order valence-electron chi connectivity index (χ3n) is 4.25. The molecule has 27 heavy (non-hydrogen) atoms. The first kappa shape index (κ1) is 20.9. The van der Waals surface area contributed by atoms with Crippen molar-refractivity contribution >= 4 is 11.4 Å². The molecule has 0 unspecified atom stereocenters. The molecular weight excluding hydrogens is 340 g/mol. The standard InChI is InChI=1S/C15H16N2O3.C7H16/c1-18-17-13-5-3-12(4-6-13)16-9-11-2-7-14-15(8-11)20-10-19-14;1-3-5-7-6-4-2/h2-8,16-17H,9-10H2,1H3;3-7H2,1-2H3. The number of nitrogens with one attached hydrogen (secondary N) is 2. The van der Waals surface area contributed by atoms with Crippen molar-refractivity contribution in [3.8, 4) is 11.5 Å². The van der Waals surface area contributed by atoms with Gasteiger partial charge in [0.15, 0.2) is 11.5 Å². The molecule has 0 saturated carbocycles. The lowest BCUT2D eigenvalue weighted by Gasteiger charge is -2.08. The van der Waals surface area contributed by atoms with Crippen LogP contribution in [0, 0.1) is 0 Å². The van der Waals surface area contributed by atoms with Crippen LogP contribution in [0.15, 0.2) is 42.5 Å². The van der Waals surface area contributed by atoms with E-state index in [1.54, 1.807) is 7.11 Å².